The number of oxime groups is 1. The summed E-state index contributed by atoms with van der Waals surface area (Å²) in [6.07, 6.45) is 1.81. The van der Waals surface area contributed by atoms with Crippen LogP contribution in [0, 0.1) is 5.92 Å². The number of nitrogens with zero attached hydrogens (tertiary/aromatic N) is 2. The van der Waals surface area contributed by atoms with Gasteiger partial charge in [-0.25, -0.2) is 0 Å². The van der Waals surface area contributed by atoms with Crippen LogP contribution in [0.25, 0.3) is 0 Å². The molecule has 0 aromatic rings. The molecule has 0 aromatic carbocycles. The third kappa shape index (κ3) is 1.89. The van der Waals surface area contributed by atoms with Crippen LogP contribution in [-0.2, 0) is 0 Å². The molecule has 0 saturated carbocycles. The monoisotopic (exact) mass is 184 g/mol. The molecule has 1 rings (SSSR count). The summed E-state index contributed by atoms with van der Waals surface area (Å²) < 4.78 is 0. The average Bonchev–Trinajstić information content (AvgIpc) is 2.44. The lowest BCUT2D eigenvalue weighted by atomic mass is 10.1. The molecule has 0 spiro atoms. The summed E-state index contributed by atoms with van der Waals surface area (Å²) in [4.78, 5) is 2.11. The van der Waals surface area contributed by atoms with Crippen molar-refractivity contribution >= 4 is 5.71 Å². The third-order valence-electron chi connectivity index (χ3n) is 2.55. The van der Waals surface area contributed by atoms with E-state index in [2.05, 4.69) is 16.6 Å². The summed E-state index contributed by atoms with van der Waals surface area (Å²) >= 11 is 0. The molecule has 1 saturated heterocycles. The van der Waals surface area contributed by atoms with E-state index in [-0.39, 0.29) is 18.6 Å². The van der Waals surface area contributed by atoms with Gasteiger partial charge in [0.25, 0.3) is 0 Å². The summed E-state index contributed by atoms with van der Waals surface area (Å²) in [6.45, 7) is 7.16. The standard InChI is InChI=1S/C9H16N2O2/c1-3-4-11-5-8(6-12)9(10-13)7(11)2/h3,7-8,12-13H,1,4-6H2,2H3/b10-9-/t7-,8-/m0/s1. The fraction of sp³-hybridized carbons (Fsp3) is 0.667. The average molecular weight is 184 g/mol. The Balaban J connectivity index is 2.71. The first-order valence-electron chi connectivity index (χ1n) is 4.42. The van der Waals surface area contributed by atoms with Gasteiger partial charge in [-0.3, -0.25) is 4.90 Å². The molecule has 1 heterocycles. The van der Waals surface area contributed by atoms with Crippen LogP contribution in [0.2, 0.25) is 0 Å². The lowest BCUT2D eigenvalue weighted by molar-refractivity contribution is 0.231. The van der Waals surface area contributed by atoms with E-state index in [0.29, 0.717) is 5.71 Å². The van der Waals surface area contributed by atoms with Crippen LogP contribution in [0.15, 0.2) is 17.8 Å². The van der Waals surface area contributed by atoms with Crippen LogP contribution < -0.4 is 0 Å². The number of likely N-dealkylation sites (tertiary alicyclic amines) is 1. The number of hydrogen-bond donors (Lipinski definition) is 2. The van der Waals surface area contributed by atoms with Crippen molar-refractivity contribution < 1.29 is 10.3 Å². The molecule has 13 heavy (non-hydrogen) atoms. The Labute approximate surface area is 78.2 Å². The molecule has 0 bridgehead atoms. The van der Waals surface area contributed by atoms with E-state index < -0.39 is 0 Å². The number of aliphatic hydroxyl groups is 1. The molecule has 4 heteroatoms. The van der Waals surface area contributed by atoms with Crippen molar-refractivity contribution in [1.29, 1.82) is 0 Å². The summed E-state index contributed by atoms with van der Waals surface area (Å²) in [6, 6.07) is 0.0974. The molecular formula is C9H16N2O2. The molecule has 0 radical (unpaired) electrons. The minimum atomic E-state index is -0.0278. The van der Waals surface area contributed by atoms with Crippen molar-refractivity contribution in [1.82, 2.24) is 4.90 Å². The van der Waals surface area contributed by atoms with Crippen LogP contribution in [0.4, 0.5) is 0 Å². The SMILES string of the molecule is C=CCN1C[C@@H](CO)/C(=N\O)[C@@H]1C. The van der Waals surface area contributed by atoms with Crippen LogP contribution in [0.3, 0.4) is 0 Å². The van der Waals surface area contributed by atoms with E-state index in [0.717, 1.165) is 13.1 Å². The van der Waals surface area contributed by atoms with Crippen molar-refractivity contribution in [3.63, 3.8) is 0 Å². The van der Waals surface area contributed by atoms with Gasteiger partial charge in [0, 0.05) is 25.0 Å². The van der Waals surface area contributed by atoms with Gasteiger partial charge < -0.3 is 10.3 Å². The molecule has 2 N–H and O–H groups in total. The molecule has 4 nitrogen and oxygen atoms in total. The highest BCUT2D eigenvalue weighted by Crippen LogP contribution is 2.19. The number of hydrogen-bond acceptors (Lipinski definition) is 4. The van der Waals surface area contributed by atoms with Gasteiger partial charge in [-0.15, -0.1) is 6.58 Å². The predicted molar refractivity (Wildman–Crippen MR) is 51.0 cm³/mol. The molecule has 1 aliphatic rings. The topological polar surface area (TPSA) is 56.1 Å². The molecule has 0 amide bonds. The van der Waals surface area contributed by atoms with Gasteiger partial charge >= 0.3 is 0 Å². The second-order valence-corrected chi connectivity index (χ2v) is 3.32. The molecule has 1 fully saturated rings. The van der Waals surface area contributed by atoms with Gasteiger partial charge in [0.15, 0.2) is 0 Å². The highest BCUT2D eigenvalue weighted by Gasteiger charge is 2.34. The summed E-state index contributed by atoms with van der Waals surface area (Å²) in [5.74, 6) is -0.0278. The van der Waals surface area contributed by atoms with Gasteiger partial charge in [0.2, 0.25) is 0 Å². The number of rotatable bonds is 3. The second-order valence-electron chi connectivity index (χ2n) is 3.32. The van der Waals surface area contributed by atoms with Crippen molar-refractivity contribution in [3.8, 4) is 0 Å². The third-order valence-corrected chi connectivity index (χ3v) is 2.55. The van der Waals surface area contributed by atoms with Crippen LogP contribution in [-0.4, -0.2) is 46.7 Å². The first-order chi connectivity index (χ1) is 6.24. The molecule has 0 aromatic heterocycles. The fourth-order valence-corrected chi connectivity index (χ4v) is 1.78. The highest BCUT2D eigenvalue weighted by atomic mass is 16.4. The zero-order valence-corrected chi connectivity index (χ0v) is 7.85. The van der Waals surface area contributed by atoms with Crippen LogP contribution in [0.5, 0.6) is 0 Å². The van der Waals surface area contributed by atoms with E-state index in [1.807, 2.05) is 13.0 Å². The maximum atomic E-state index is 9.03. The maximum absolute atomic E-state index is 9.03. The van der Waals surface area contributed by atoms with E-state index >= 15 is 0 Å². The maximum Gasteiger partial charge on any atom is 0.0805 e. The van der Waals surface area contributed by atoms with Crippen molar-refractivity contribution in [2.45, 2.75) is 13.0 Å². The van der Waals surface area contributed by atoms with Gasteiger partial charge in [0.05, 0.1) is 12.3 Å². The van der Waals surface area contributed by atoms with Gasteiger partial charge in [-0.1, -0.05) is 11.2 Å². The first kappa shape index (κ1) is 10.2. The quantitative estimate of drug-likeness (QED) is 0.377. The largest absolute Gasteiger partial charge is 0.411 e. The Hall–Kier alpha value is -0.870. The highest BCUT2D eigenvalue weighted by molar-refractivity contribution is 5.93. The second kappa shape index (κ2) is 4.39. The molecular weight excluding hydrogens is 168 g/mol. The van der Waals surface area contributed by atoms with Crippen molar-refractivity contribution in [2.24, 2.45) is 11.1 Å². The minimum Gasteiger partial charge on any atom is -0.411 e. The van der Waals surface area contributed by atoms with Crippen molar-refractivity contribution in [2.75, 3.05) is 19.7 Å². The van der Waals surface area contributed by atoms with E-state index in [1.54, 1.807) is 0 Å². The Morgan fingerprint density at radius 3 is 2.85 bits per heavy atom. The summed E-state index contributed by atoms with van der Waals surface area (Å²) in [7, 11) is 0. The van der Waals surface area contributed by atoms with Gasteiger partial charge in [0.1, 0.15) is 0 Å². The predicted octanol–water partition coefficient (Wildman–Crippen LogP) is 0.315. The zero-order valence-electron chi connectivity index (χ0n) is 7.85. The normalized spacial score (nSPS) is 32.6. The first-order valence-corrected chi connectivity index (χ1v) is 4.42. The van der Waals surface area contributed by atoms with Gasteiger partial charge in [-0.05, 0) is 6.92 Å². The zero-order chi connectivity index (χ0) is 9.84. The summed E-state index contributed by atoms with van der Waals surface area (Å²) in [5, 5.41) is 21.0. The lowest BCUT2D eigenvalue weighted by Gasteiger charge is -2.17. The fourth-order valence-electron chi connectivity index (χ4n) is 1.78. The van der Waals surface area contributed by atoms with Crippen molar-refractivity contribution in [3.05, 3.63) is 12.7 Å². The molecule has 0 unspecified atom stereocenters. The van der Waals surface area contributed by atoms with Gasteiger partial charge in [-0.2, -0.15) is 0 Å². The Morgan fingerprint density at radius 1 is 1.77 bits per heavy atom. The van der Waals surface area contributed by atoms with Crippen LogP contribution >= 0.6 is 0 Å². The molecule has 1 aliphatic heterocycles. The van der Waals surface area contributed by atoms with Crippen LogP contribution in [0.1, 0.15) is 6.92 Å². The minimum absolute atomic E-state index is 0.0278. The number of aliphatic hydroxyl groups excluding tert-OH is 1. The molecule has 74 valence electrons. The smallest absolute Gasteiger partial charge is 0.0805 e. The van der Waals surface area contributed by atoms with E-state index in [4.69, 9.17) is 10.3 Å². The van der Waals surface area contributed by atoms with E-state index in [1.165, 1.54) is 0 Å². The van der Waals surface area contributed by atoms with E-state index in [9.17, 15) is 0 Å². The molecule has 0 aliphatic carbocycles. The Morgan fingerprint density at radius 2 is 2.46 bits per heavy atom. The summed E-state index contributed by atoms with van der Waals surface area (Å²) in [5.41, 5.74) is 0.671. The lowest BCUT2D eigenvalue weighted by Crippen LogP contribution is -2.30. The molecule has 2 atom stereocenters. The Bertz CT molecular complexity index is 216. The Kier molecular flexibility index (Phi) is 3.45.